The first-order chi connectivity index (χ1) is 10.2. The van der Waals surface area contributed by atoms with Crippen LogP contribution >= 0.6 is 11.9 Å². The lowest BCUT2D eigenvalue weighted by molar-refractivity contribution is -0.138. The van der Waals surface area contributed by atoms with E-state index in [0.29, 0.717) is 12.0 Å². The highest BCUT2D eigenvalue weighted by Crippen LogP contribution is 2.12. The van der Waals surface area contributed by atoms with Crippen LogP contribution in [0.5, 0.6) is 0 Å². The van der Waals surface area contributed by atoms with E-state index in [-0.39, 0.29) is 5.12 Å². The largest absolute Gasteiger partial charge is 0.480 e. The van der Waals surface area contributed by atoms with Gasteiger partial charge in [0.05, 0.1) is 0 Å². The van der Waals surface area contributed by atoms with Crippen molar-refractivity contribution in [1.29, 1.82) is 0 Å². The van der Waals surface area contributed by atoms with Crippen LogP contribution in [-0.4, -0.2) is 22.2 Å². The summed E-state index contributed by atoms with van der Waals surface area (Å²) in [4.78, 5) is 23.2. The van der Waals surface area contributed by atoms with Crippen molar-refractivity contribution in [3.8, 4) is 0 Å². The molecule has 0 aromatic heterocycles. The van der Waals surface area contributed by atoms with Crippen LogP contribution in [0.15, 0.2) is 60.7 Å². The van der Waals surface area contributed by atoms with Crippen molar-refractivity contribution in [2.75, 3.05) is 0 Å². The van der Waals surface area contributed by atoms with Crippen molar-refractivity contribution < 1.29 is 14.7 Å². The second kappa shape index (κ2) is 7.61. The van der Waals surface area contributed by atoms with Gasteiger partial charge >= 0.3 is 5.97 Å². The van der Waals surface area contributed by atoms with Gasteiger partial charge in [-0.05, 0) is 12.0 Å². The first-order valence-corrected chi connectivity index (χ1v) is 7.27. The van der Waals surface area contributed by atoms with Gasteiger partial charge in [-0.3, -0.25) is 9.59 Å². The molecule has 0 aliphatic heterocycles. The molecule has 21 heavy (non-hydrogen) atoms. The third-order valence-corrected chi connectivity index (χ3v) is 3.71. The molecule has 1 atom stereocenters. The number of carboxylic acids is 1. The molecule has 0 amide bonds. The van der Waals surface area contributed by atoms with Crippen LogP contribution in [0.1, 0.15) is 15.9 Å². The molecule has 0 unspecified atom stereocenters. The van der Waals surface area contributed by atoms with E-state index in [1.807, 2.05) is 36.4 Å². The van der Waals surface area contributed by atoms with Gasteiger partial charge in [0.25, 0.3) is 0 Å². The lowest BCUT2D eigenvalue weighted by Crippen LogP contribution is -2.35. The molecule has 5 heteroatoms. The first kappa shape index (κ1) is 15.3. The Hall–Kier alpha value is -2.11. The lowest BCUT2D eigenvalue weighted by atomic mass is 10.1. The maximum Gasteiger partial charge on any atom is 0.321 e. The Bertz CT molecular complexity index is 601. The van der Waals surface area contributed by atoms with Crippen molar-refractivity contribution in [2.45, 2.75) is 12.5 Å². The quantitative estimate of drug-likeness (QED) is 0.803. The highest BCUT2D eigenvalue weighted by molar-refractivity contribution is 8.12. The zero-order valence-electron chi connectivity index (χ0n) is 11.2. The average Bonchev–Trinajstić information content (AvgIpc) is 2.52. The lowest BCUT2D eigenvalue weighted by Gasteiger charge is -2.13. The number of hydrogen-bond acceptors (Lipinski definition) is 4. The summed E-state index contributed by atoms with van der Waals surface area (Å²) in [6, 6.07) is 17.3. The number of carboxylic acid groups (broad SMARTS) is 1. The Kier molecular flexibility index (Phi) is 5.54. The van der Waals surface area contributed by atoms with E-state index in [0.717, 1.165) is 17.5 Å². The van der Waals surface area contributed by atoms with Gasteiger partial charge < -0.3 is 5.11 Å². The highest BCUT2D eigenvalue weighted by Gasteiger charge is 2.19. The van der Waals surface area contributed by atoms with E-state index in [9.17, 15) is 14.7 Å². The Morgan fingerprint density at radius 3 is 2.14 bits per heavy atom. The Morgan fingerprint density at radius 1 is 1.00 bits per heavy atom. The molecule has 2 N–H and O–H groups in total. The van der Waals surface area contributed by atoms with E-state index >= 15 is 0 Å². The minimum absolute atomic E-state index is 0.199. The molecule has 0 aliphatic rings. The second-order valence-electron chi connectivity index (χ2n) is 4.45. The third-order valence-electron chi connectivity index (χ3n) is 2.88. The molecule has 2 aromatic carbocycles. The van der Waals surface area contributed by atoms with E-state index in [4.69, 9.17) is 0 Å². The van der Waals surface area contributed by atoms with Gasteiger partial charge in [-0.15, -0.1) is 0 Å². The number of carbonyl (C=O) groups is 2. The predicted octanol–water partition coefficient (Wildman–Crippen LogP) is 2.76. The number of nitrogens with one attached hydrogen (secondary N) is 1. The van der Waals surface area contributed by atoms with Crippen molar-refractivity contribution in [1.82, 2.24) is 4.72 Å². The van der Waals surface area contributed by atoms with Crippen LogP contribution in [0.2, 0.25) is 0 Å². The van der Waals surface area contributed by atoms with Crippen LogP contribution in [0, 0.1) is 0 Å². The van der Waals surface area contributed by atoms with Crippen molar-refractivity contribution in [3.63, 3.8) is 0 Å². The molecule has 0 heterocycles. The molecule has 2 aromatic rings. The molecule has 2 rings (SSSR count). The number of rotatable bonds is 6. The first-order valence-electron chi connectivity index (χ1n) is 6.45. The molecule has 0 aliphatic carbocycles. The normalized spacial score (nSPS) is 11.8. The minimum Gasteiger partial charge on any atom is -0.480 e. The SMILES string of the molecule is O=C(SN[C@@H](Cc1ccccc1)C(=O)O)c1ccccc1. The number of benzene rings is 2. The molecular weight excluding hydrogens is 286 g/mol. The molecule has 0 fully saturated rings. The second-order valence-corrected chi connectivity index (χ2v) is 5.26. The van der Waals surface area contributed by atoms with E-state index in [2.05, 4.69) is 4.72 Å². The fraction of sp³-hybridized carbons (Fsp3) is 0.125. The third kappa shape index (κ3) is 4.73. The van der Waals surface area contributed by atoms with Gasteiger partial charge in [-0.1, -0.05) is 60.7 Å². The van der Waals surface area contributed by atoms with Crippen LogP contribution < -0.4 is 4.72 Å². The molecule has 0 saturated carbocycles. The molecule has 0 spiro atoms. The summed E-state index contributed by atoms with van der Waals surface area (Å²) in [6.45, 7) is 0. The minimum atomic E-state index is -0.979. The molecule has 0 radical (unpaired) electrons. The van der Waals surface area contributed by atoms with E-state index in [1.54, 1.807) is 24.3 Å². The van der Waals surface area contributed by atoms with E-state index < -0.39 is 12.0 Å². The molecule has 108 valence electrons. The van der Waals surface area contributed by atoms with E-state index in [1.165, 1.54) is 0 Å². The van der Waals surface area contributed by atoms with Gasteiger partial charge in [-0.25, -0.2) is 4.72 Å². The maximum atomic E-state index is 11.9. The van der Waals surface area contributed by atoms with Gasteiger partial charge in [-0.2, -0.15) is 0 Å². The predicted molar refractivity (Wildman–Crippen MR) is 83.1 cm³/mol. The van der Waals surface area contributed by atoms with Crippen molar-refractivity contribution >= 4 is 23.0 Å². The number of carbonyl (C=O) groups excluding carboxylic acids is 1. The summed E-state index contributed by atoms with van der Waals surface area (Å²) in [5.41, 5.74) is 1.45. The van der Waals surface area contributed by atoms with Gasteiger partial charge in [0, 0.05) is 17.5 Å². The fourth-order valence-corrected chi connectivity index (χ4v) is 2.47. The monoisotopic (exact) mass is 301 g/mol. The summed E-state index contributed by atoms with van der Waals surface area (Å²) in [6.07, 6.45) is 0.325. The summed E-state index contributed by atoms with van der Waals surface area (Å²) in [5.74, 6) is -0.979. The Balaban J connectivity index is 1.95. The van der Waals surface area contributed by atoms with Gasteiger partial charge in [0.1, 0.15) is 6.04 Å². The topological polar surface area (TPSA) is 66.4 Å². The maximum absolute atomic E-state index is 11.9. The fourth-order valence-electron chi connectivity index (χ4n) is 1.79. The molecule has 0 saturated heterocycles. The van der Waals surface area contributed by atoms with Crippen LogP contribution in [0.25, 0.3) is 0 Å². The summed E-state index contributed by atoms with van der Waals surface area (Å²) < 4.78 is 2.73. The zero-order valence-corrected chi connectivity index (χ0v) is 12.0. The summed E-state index contributed by atoms with van der Waals surface area (Å²) in [5, 5.41) is 9.03. The Labute approximate surface area is 127 Å². The molecule has 0 bridgehead atoms. The number of aliphatic carboxylic acids is 1. The van der Waals surface area contributed by atoms with Crippen molar-refractivity contribution in [2.24, 2.45) is 0 Å². The Morgan fingerprint density at radius 2 is 1.57 bits per heavy atom. The standard InChI is InChI=1S/C16H15NO3S/c18-15(19)14(11-12-7-3-1-4-8-12)17-21-16(20)13-9-5-2-6-10-13/h1-10,14,17H,11H2,(H,18,19)/t14-/m0/s1. The average molecular weight is 301 g/mol. The van der Waals surface area contributed by atoms with Gasteiger partial charge in [0.15, 0.2) is 0 Å². The van der Waals surface area contributed by atoms with Crippen LogP contribution in [0.3, 0.4) is 0 Å². The summed E-state index contributed by atoms with van der Waals surface area (Å²) >= 11 is 0.815. The molecular formula is C16H15NO3S. The van der Waals surface area contributed by atoms with Crippen molar-refractivity contribution in [3.05, 3.63) is 71.8 Å². The smallest absolute Gasteiger partial charge is 0.321 e. The zero-order chi connectivity index (χ0) is 15.1. The van der Waals surface area contributed by atoms with Crippen LogP contribution in [-0.2, 0) is 11.2 Å². The van der Waals surface area contributed by atoms with Crippen LogP contribution in [0.4, 0.5) is 0 Å². The number of hydrogen-bond donors (Lipinski definition) is 2. The highest BCUT2D eigenvalue weighted by atomic mass is 32.2. The van der Waals surface area contributed by atoms with Gasteiger partial charge in [0.2, 0.25) is 5.12 Å². The summed E-state index contributed by atoms with van der Waals surface area (Å²) in [7, 11) is 0. The molecule has 4 nitrogen and oxygen atoms in total.